The molecule has 0 aromatic carbocycles. The maximum Gasteiger partial charge on any atom is 0.305 e. The molecule has 6 nitrogen and oxygen atoms in total. The van der Waals surface area contributed by atoms with E-state index in [0.717, 1.165) is 57.8 Å². The summed E-state index contributed by atoms with van der Waals surface area (Å²) in [6.45, 7) is 4.88. The summed E-state index contributed by atoms with van der Waals surface area (Å²) in [7, 11) is 0. The van der Waals surface area contributed by atoms with Gasteiger partial charge in [0.05, 0.1) is 25.4 Å². The molecule has 0 aliphatic rings. The van der Waals surface area contributed by atoms with E-state index in [9.17, 15) is 19.8 Å². The van der Waals surface area contributed by atoms with Gasteiger partial charge in [0.2, 0.25) is 5.91 Å². The number of amides is 1. The van der Waals surface area contributed by atoms with Gasteiger partial charge in [-0.2, -0.15) is 0 Å². The Bertz CT molecular complexity index is 893. The number of nitrogens with one attached hydrogen (secondary N) is 1. The maximum absolute atomic E-state index is 12.4. The van der Waals surface area contributed by atoms with Crippen molar-refractivity contribution in [3.8, 4) is 0 Å². The molecule has 0 radical (unpaired) electrons. The van der Waals surface area contributed by atoms with Crippen molar-refractivity contribution in [2.75, 3.05) is 13.2 Å². The summed E-state index contributed by atoms with van der Waals surface area (Å²) < 4.78 is 5.46. The lowest BCUT2D eigenvalue weighted by Crippen LogP contribution is -2.45. The van der Waals surface area contributed by atoms with Crippen LogP contribution in [0, 0.1) is 0 Å². The first-order valence-corrected chi connectivity index (χ1v) is 27.0. The number of hydrogen-bond donors (Lipinski definition) is 3. The Labute approximate surface area is 374 Å². The Morgan fingerprint density at radius 3 is 1.13 bits per heavy atom. The van der Waals surface area contributed by atoms with E-state index < -0.39 is 12.1 Å². The fourth-order valence-electron chi connectivity index (χ4n) is 8.40. The van der Waals surface area contributed by atoms with Crippen LogP contribution in [0.1, 0.15) is 296 Å². The number of carbonyl (C=O) groups is 2. The van der Waals surface area contributed by atoms with Crippen molar-refractivity contribution >= 4 is 11.9 Å². The lowest BCUT2D eigenvalue weighted by Gasteiger charge is -2.20. The van der Waals surface area contributed by atoms with E-state index in [1.54, 1.807) is 6.08 Å². The van der Waals surface area contributed by atoms with Crippen molar-refractivity contribution in [3.05, 3.63) is 12.2 Å². The molecule has 60 heavy (non-hydrogen) atoms. The average Bonchev–Trinajstić information content (AvgIpc) is 3.25. The number of aliphatic hydroxyl groups is 2. The molecule has 0 spiro atoms. The highest BCUT2D eigenvalue weighted by Gasteiger charge is 2.18. The minimum atomic E-state index is -0.855. The maximum atomic E-state index is 12.4. The zero-order valence-electron chi connectivity index (χ0n) is 40.5. The highest BCUT2D eigenvalue weighted by Crippen LogP contribution is 2.17. The molecule has 2 unspecified atom stereocenters. The van der Waals surface area contributed by atoms with E-state index in [1.165, 1.54) is 212 Å². The van der Waals surface area contributed by atoms with Gasteiger partial charge in [-0.1, -0.05) is 264 Å². The lowest BCUT2D eigenvalue weighted by atomic mass is 10.0. The van der Waals surface area contributed by atoms with Crippen LogP contribution in [0.5, 0.6) is 0 Å². The van der Waals surface area contributed by atoms with Gasteiger partial charge in [0, 0.05) is 12.8 Å². The number of ether oxygens (including phenoxy) is 1. The van der Waals surface area contributed by atoms with Crippen LogP contribution in [0.4, 0.5) is 0 Å². The van der Waals surface area contributed by atoms with E-state index >= 15 is 0 Å². The van der Waals surface area contributed by atoms with Gasteiger partial charge in [-0.05, 0) is 32.1 Å². The fraction of sp³-hybridized carbons (Fsp3) is 0.926. The van der Waals surface area contributed by atoms with Gasteiger partial charge in [-0.25, -0.2) is 0 Å². The molecular formula is C54H105NO5. The molecule has 0 aliphatic heterocycles. The van der Waals surface area contributed by atoms with Gasteiger partial charge >= 0.3 is 5.97 Å². The molecule has 0 fully saturated rings. The molecule has 0 aromatic rings. The second-order valence-electron chi connectivity index (χ2n) is 18.6. The number of allylic oxidation sites excluding steroid dienone is 1. The van der Waals surface area contributed by atoms with Crippen molar-refractivity contribution < 1.29 is 24.5 Å². The summed E-state index contributed by atoms with van der Waals surface area (Å²) in [5.74, 6) is -0.0964. The van der Waals surface area contributed by atoms with Crippen LogP contribution in [-0.2, 0) is 14.3 Å². The first-order chi connectivity index (χ1) is 29.5. The van der Waals surface area contributed by atoms with Gasteiger partial charge in [0.15, 0.2) is 0 Å². The summed E-state index contributed by atoms with van der Waals surface area (Å²) in [6, 6.07) is -0.640. The smallest absolute Gasteiger partial charge is 0.305 e. The van der Waals surface area contributed by atoms with E-state index in [4.69, 9.17) is 4.74 Å². The minimum absolute atomic E-state index is 0.0121. The molecule has 0 rings (SSSR count). The van der Waals surface area contributed by atoms with Gasteiger partial charge in [-0.3, -0.25) is 9.59 Å². The molecule has 0 saturated carbocycles. The van der Waals surface area contributed by atoms with Gasteiger partial charge in [0.25, 0.3) is 0 Å². The first-order valence-electron chi connectivity index (χ1n) is 27.0. The van der Waals surface area contributed by atoms with E-state index in [1.807, 2.05) is 6.08 Å². The standard InChI is InChI=1S/C54H105NO5/c1-3-5-7-9-11-13-15-17-19-20-22-23-26-30-34-38-42-46-52(57)51(50-56)55-53(58)47-43-39-35-31-27-25-29-33-37-41-45-49-60-54(59)48-44-40-36-32-28-24-21-18-16-14-12-10-8-6-4-2/h42,46,51-52,56-57H,3-41,43-45,47-50H2,1-2H3,(H,55,58)/b46-42+. The Morgan fingerprint density at radius 1 is 0.450 bits per heavy atom. The predicted molar refractivity (Wildman–Crippen MR) is 260 cm³/mol. The number of unbranched alkanes of at least 4 members (excludes halogenated alkanes) is 39. The molecule has 2 atom stereocenters. The first kappa shape index (κ1) is 58.6. The molecule has 0 aliphatic carbocycles. The Balaban J connectivity index is 3.49. The fourth-order valence-corrected chi connectivity index (χ4v) is 8.40. The quantitative estimate of drug-likeness (QED) is 0.0322. The molecule has 0 aromatic heterocycles. The second-order valence-corrected chi connectivity index (χ2v) is 18.6. The van der Waals surface area contributed by atoms with Crippen molar-refractivity contribution in [1.82, 2.24) is 5.32 Å². The zero-order valence-corrected chi connectivity index (χ0v) is 40.5. The van der Waals surface area contributed by atoms with Crippen molar-refractivity contribution in [2.45, 2.75) is 309 Å². The van der Waals surface area contributed by atoms with E-state index in [2.05, 4.69) is 19.2 Å². The van der Waals surface area contributed by atoms with Crippen LogP contribution in [0.3, 0.4) is 0 Å². The third-order valence-electron chi connectivity index (χ3n) is 12.6. The third-order valence-corrected chi connectivity index (χ3v) is 12.6. The Morgan fingerprint density at radius 2 is 0.767 bits per heavy atom. The largest absolute Gasteiger partial charge is 0.466 e. The highest BCUT2D eigenvalue weighted by molar-refractivity contribution is 5.76. The van der Waals surface area contributed by atoms with E-state index in [0.29, 0.717) is 19.4 Å². The average molecular weight is 848 g/mol. The monoisotopic (exact) mass is 848 g/mol. The Kier molecular flexibility index (Phi) is 49.1. The van der Waals surface area contributed by atoms with Gasteiger partial charge < -0.3 is 20.3 Å². The number of rotatable bonds is 50. The summed E-state index contributed by atoms with van der Waals surface area (Å²) in [4.78, 5) is 24.5. The molecule has 3 N–H and O–H groups in total. The predicted octanol–water partition coefficient (Wildman–Crippen LogP) is 16.1. The number of aliphatic hydroxyl groups excluding tert-OH is 2. The summed E-state index contributed by atoms with van der Waals surface area (Å²) in [5, 5.41) is 23.1. The molecule has 0 heterocycles. The summed E-state index contributed by atoms with van der Waals surface area (Å²) in [6.07, 6.45) is 57.8. The summed E-state index contributed by atoms with van der Waals surface area (Å²) >= 11 is 0. The number of hydrogen-bond acceptors (Lipinski definition) is 5. The van der Waals surface area contributed by atoms with Crippen LogP contribution in [-0.4, -0.2) is 47.4 Å². The third kappa shape index (κ3) is 46.1. The molecule has 356 valence electrons. The van der Waals surface area contributed by atoms with Gasteiger partial charge in [-0.15, -0.1) is 0 Å². The van der Waals surface area contributed by atoms with Crippen LogP contribution in [0.15, 0.2) is 12.2 Å². The van der Waals surface area contributed by atoms with Crippen molar-refractivity contribution in [2.24, 2.45) is 0 Å². The van der Waals surface area contributed by atoms with Crippen LogP contribution >= 0.6 is 0 Å². The lowest BCUT2D eigenvalue weighted by molar-refractivity contribution is -0.143. The number of esters is 1. The second kappa shape index (κ2) is 50.2. The van der Waals surface area contributed by atoms with Crippen molar-refractivity contribution in [3.63, 3.8) is 0 Å². The summed E-state index contributed by atoms with van der Waals surface area (Å²) in [5.41, 5.74) is 0. The topological polar surface area (TPSA) is 95.9 Å². The number of carbonyl (C=O) groups excluding carboxylic acids is 2. The molecule has 1 amide bonds. The Hall–Kier alpha value is -1.40. The zero-order chi connectivity index (χ0) is 43.7. The van der Waals surface area contributed by atoms with Gasteiger partial charge in [0.1, 0.15) is 0 Å². The van der Waals surface area contributed by atoms with E-state index in [-0.39, 0.29) is 18.5 Å². The van der Waals surface area contributed by atoms with Crippen LogP contribution < -0.4 is 5.32 Å². The molecule has 0 saturated heterocycles. The highest BCUT2D eigenvalue weighted by atomic mass is 16.5. The molecule has 6 heteroatoms. The van der Waals surface area contributed by atoms with Crippen LogP contribution in [0.2, 0.25) is 0 Å². The molecular weight excluding hydrogens is 743 g/mol. The van der Waals surface area contributed by atoms with Crippen LogP contribution in [0.25, 0.3) is 0 Å². The SMILES string of the molecule is CCCCCCCCCCCCCCCCC/C=C/C(O)C(CO)NC(=O)CCCCCCCCCCCCCOC(=O)CCCCCCCCCCCCCCCCC. The van der Waals surface area contributed by atoms with Crippen molar-refractivity contribution in [1.29, 1.82) is 0 Å². The molecule has 0 bridgehead atoms. The minimum Gasteiger partial charge on any atom is -0.466 e. The normalized spacial score (nSPS) is 12.7.